The van der Waals surface area contributed by atoms with Crippen molar-refractivity contribution in [2.75, 3.05) is 25.2 Å². The molecule has 0 spiro atoms. The van der Waals surface area contributed by atoms with Gasteiger partial charge in [-0.25, -0.2) is 8.42 Å². The minimum Gasteiger partial charge on any atom is -0.493 e. The quantitative estimate of drug-likeness (QED) is 0.780. The number of hydrogen-bond donors (Lipinski definition) is 2. The summed E-state index contributed by atoms with van der Waals surface area (Å²) in [5.74, 6) is -0.0509. The fourth-order valence-electron chi connectivity index (χ4n) is 2.09. The lowest BCUT2D eigenvalue weighted by atomic mass is 10.3. The van der Waals surface area contributed by atoms with Gasteiger partial charge in [-0.2, -0.15) is 0 Å². The van der Waals surface area contributed by atoms with Gasteiger partial charge in [0.1, 0.15) is 4.90 Å². The van der Waals surface area contributed by atoms with Gasteiger partial charge in [0.2, 0.25) is 5.91 Å². The standard InChI is InChI=1S/C16H19N3O4S/c1-23-16-13(7-5-8-14(16)24(2,21)22)18-11-15(20)19-10-12-6-3-4-9-17-12/h3-9,18H,10-11H2,1-2H3,(H,19,20). The number of carbonyl (C=O) groups excluding carboxylic acids is 1. The maximum Gasteiger partial charge on any atom is 0.239 e. The van der Waals surface area contributed by atoms with E-state index in [1.165, 1.54) is 13.2 Å². The molecular formula is C16H19N3O4S. The van der Waals surface area contributed by atoms with Crippen LogP contribution in [0.5, 0.6) is 5.75 Å². The molecule has 1 heterocycles. The van der Waals surface area contributed by atoms with Gasteiger partial charge < -0.3 is 15.4 Å². The van der Waals surface area contributed by atoms with Gasteiger partial charge in [-0.1, -0.05) is 12.1 Å². The zero-order chi connectivity index (χ0) is 17.6. The number of rotatable bonds is 7. The van der Waals surface area contributed by atoms with Crippen molar-refractivity contribution in [3.8, 4) is 5.75 Å². The summed E-state index contributed by atoms with van der Waals surface area (Å²) in [5.41, 5.74) is 1.19. The summed E-state index contributed by atoms with van der Waals surface area (Å²) in [7, 11) is -2.04. The Hall–Kier alpha value is -2.61. The Kier molecular flexibility index (Phi) is 5.75. The average molecular weight is 349 g/mol. The summed E-state index contributed by atoms with van der Waals surface area (Å²) in [4.78, 5) is 16.1. The molecule has 0 atom stereocenters. The smallest absolute Gasteiger partial charge is 0.239 e. The van der Waals surface area contributed by atoms with Crippen LogP contribution in [-0.2, 0) is 21.2 Å². The molecule has 0 bridgehead atoms. The van der Waals surface area contributed by atoms with Crippen LogP contribution >= 0.6 is 0 Å². The second-order valence-electron chi connectivity index (χ2n) is 5.06. The van der Waals surface area contributed by atoms with Gasteiger partial charge in [-0.15, -0.1) is 0 Å². The molecule has 0 unspecified atom stereocenters. The average Bonchev–Trinajstić information content (AvgIpc) is 2.57. The Labute approximate surface area is 141 Å². The highest BCUT2D eigenvalue weighted by molar-refractivity contribution is 7.90. The van der Waals surface area contributed by atoms with Crippen molar-refractivity contribution in [2.45, 2.75) is 11.4 Å². The Morgan fingerprint density at radius 3 is 2.62 bits per heavy atom. The van der Waals surface area contributed by atoms with Gasteiger partial charge in [-0.05, 0) is 24.3 Å². The van der Waals surface area contributed by atoms with E-state index >= 15 is 0 Å². The molecule has 2 N–H and O–H groups in total. The second kappa shape index (κ2) is 7.78. The molecule has 0 aliphatic carbocycles. The third-order valence-corrected chi connectivity index (χ3v) is 4.34. The number of methoxy groups -OCH3 is 1. The van der Waals surface area contributed by atoms with E-state index in [-0.39, 0.29) is 23.1 Å². The first kappa shape index (κ1) is 17.7. The summed E-state index contributed by atoms with van der Waals surface area (Å²) < 4.78 is 28.7. The van der Waals surface area contributed by atoms with E-state index in [9.17, 15) is 13.2 Å². The molecule has 0 saturated carbocycles. The van der Waals surface area contributed by atoms with Crippen molar-refractivity contribution in [1.29, 1.82) is 0 Å². The maximum atomic E-state index is 11.9. The van der Waals surface area contributed by atoms with E-state index in [2.05, 4.69) is 15.6 Å². The van der Waals surface area contributed by atoms with Crippen LogP contribution in [0.15, 0.2) is 47.5 Å². The van der Waals surface area contributed by atoms with Crippen LogP contribution in [0.25, 0.3) is 0 Å². The fourth-order valence-corrected chi connectivity index (χ4v) is 2.94. The van der Waals surface area contributed by atoms with Gasteiger partial charge in [0.05, 0.1) is 31.6 Å². The number of pyridine rings is 1. The first-order valence-electron chi connectivity index (χ1n) is 7.19. The number of aromatic nitrogens is 1. The topological polar surface area (TPSA) is 97.4 Å². The first-order chi connectivity index (χ1) is 11.4. The lowest BCUT2D eigenvalue weighted by molar-refractivity contribution is -0.119. The van der Waals surface area contributed by atoms with E-state index in [1.807, 2.05) is 12.1 Å². The molecule has 2 rings (SSSR count). The van der Waals surface area contributed by atoms with Crippen LogP contribution in [0.3, 0.4) is 0 Å². The lowest BCUT2D eigenvalue weighted by Gasteiger charge is -2.14. The van der Waals surface area contributed by atoms with Crippen molar-refractivity contribution < 1.29 is 17.9 Å². The van der Waals surface area contributed by atoms with E-state index in [4.69, 9.17) is 4.74 Å². The highest BCUT2D eigenvalue weighted by Crippen LogP contribution is 2.31. The summed E-state index contributed by atoms with van der Waals surface area (Å²) in [6.07, 6.45) is 2.76. The third kappa shape index (κ3) is 4.69. The highest BCUT2D eigenvalue weighted by Gasteiger charge is 2.17. The third-order valence-electron chi connectivity index (χ3n) is 3.21. The molecule has 0 saturated heterocycles. The van der Waals surface area contributed by atoms with E-state index in [1.54, 1.807) is 24.4 Å². The Morgan fingerprint density at radius 2 is 2.00 bits per heavy atom. The van der Waals surface area contributed by atoms with E-state index in [0.717, 1.165) is 11.9 Å². The first-order valence-corrected chi connectivity index (χ1v) is 9.08. The van der Waals surface area contributed by atoms with Crippen molar-refractivity contribution >= 4 is 21.4 Å². The number of nitrogens with one attached hydrogen (secondary N) is 2. The van der Waals surface area contributed by atoms with Crippen molar-refractivity contribution in [1.82, 2.24) is 10.3 Å². The fraction of sp³-hybridized carbons (Fsp3) is 0.250. The van der Waals surface area contributed by atoms with E-state index < -0.39 is 9.84 Å². The van der Waals surface area contributed by atoms with Crippen molar-refractivity contribution in [2.24, 2.45) is 0 Å². The highest BCUT2D eigenvalue weighted by atomic mass is 32.2. The van der Waals surface area contributed by atoms with Gasteiger partial charge in [0.25, 0.3) is 0 Å². The minimum absolute atomic E-state index is 0.0175. The van der Waals surface area contributed by atoms with Crippen LogP contribution in [0.1, 0.15) is 5.69 Å². The number of amides is 1. The van der Waals surface area contributed by atoms with Gasteiger partial charge in [-0.3, -0.25) is 9.78 Å². The molecule has 0 aliphatic heterocycles. The van der Waals surface area contributed by atoms with Crippen molar-refractivity contribution in [3.05, 3.63) is 48.3 Å². The molecule has 1 amide bonds. The predicted octanol–water partition coefficient (Wildman–Crippen LogP) is 1.22. The van der Waals surface area contributed by atoms with E-state index in [0.29, 0.717) is 12.2 Å². The maximum absolute atomic E-state index is 11.9. The van der Waals surface area contributed by atoms with Gasteiger partial charge in [0, 0.05) is 12.5 Å². The molecule has 8 heteroatoms. The largest absolute Gasteiger partial charge is 0.493 e. The Morgan fingerprint density at radius 1 is 1.21 bits per heavy atom. The number of nitrogens with zero attached hydrogens (tertiary/aromatic N) is 1. The number of carbonyl (C=O) groups is 1. The normalized spacial score (nSPS) is 10.9. The summed E-state index contributed by atoms with van der Waals surface area (Å²) in [5, 5.41) is 5.62. The van der Waals surface area contributed by atoms with Crippen LogP contribution in [-0.4, -0.2) is 39.2 Å². The SMILES string of the molecule is COc1c(NCC(=O)NCc2ccccn2)cccc1S(C)(=O)=O. The zero-order valence-corrected chi connectivity index (χ0v) is 14.3. The number of anilines is 1. The Bertz CT molecular complexity index is 807. The summed E-state index contributed by atoms with van der Waals surface area (Å²) >= 11 is 0. The van der Waals surface area contributed by atoms with Crippen LogP contribution in [0, 0.1) is 0 Å². The summed E-state index contributed by atoms with van der Waals surface area (Å²) in [6, 6.07) is 10.2. The zero-order valence-electron chi connectivity index (χ0n) is 13.4. The number of ether oxygens (including phenoxy) is 1. The lowest BCUT2D eigenvalue weighted by Crippen LogP contribution is -2.29. The monoisotopic (exact) mass is 349 g/mol. The minimum atomic E-state index is -3.43. The molecular weight excluding hydrogens is 330 g/mol. The summed E-state index contributed by atoms with van der Waals surface area (Å²) in [6.45, 7) is 0.304. The van der Waals surface area contributed by atoms with Crippen LogP contribution in [0.4, 0.5) is 5.69 Å². The Balaban J connectivity index is 2.00. The number of sulfone groups is 1. The number of benzene rings is 1. The molecule has 0 fully saturated rings. The van der Waals surface area contributed by atoms with Crippen molar-refractivity contribution in [3.63, 3.8) is 0 Å². The number of para-hydroxylation sites is 1. The molecule has 24 heavy (non-hydrogen) atoms. The molecule has 1 aromatic heterocycles. The molecule has 128 valence electrons. The predicted molar refractivity (Wildman–Crippen MR) is 90.7 cm³/mol. The van der Waals surface area contributed by atoms with Gasteiger partial charge >= 0.3 is 0 Å². The number of hydrogen-bond acceptors (Lipinski definition) is 6. The molecule has 0 radical (unpaired) electrons. The second-order valence-corrected chi connectivity index (χ2v) is 7.04. The molecule has 1 aromatic carbocycles. The van der Waals surface area contributed by atoms with Crippen LogP contribution < -0.4 is 15.4 Å². The van der Waals surface area contributed by atoms with Crippen LogP contribution in [0.2, 0.25) is 0 Å². The molecule has 7 nitrogen and oxygen atoms in total. The molecule has 2 aromatic rings. The van der Waals surface area contributed by atoms with Gasteiger partial charge in [0.15, 0.2) is 15.6 Å². The molecule has 0 aliphatic rings.